The van der Waals surface area contributed by atoms with Crippen molar-refractivity contribution >= 4 is 27.3 Å². The Hall–Kier alpha value is -3.26. The quantitative estimate of drug-likeness (QED) is 0.667. The van der Waals surface area contributed by atoms with Gasteiger partial charge in [-0.2, -0.15) is 0 Å². The van der Waals surface area contributed by atoms with E-state index in [0.29, 0.717) is 11.3 Å². The molecule has 0 aliphatic heterocycles. The van der Waals surface area contributed by atoms with Crippen LogP contribution >= 0.6 is 0 Å². The van der Waals surface area contributed by atoms with Gasteiger partial charge in [-0.25, -0.2) is 17.2 Å². The van der Waals surface area contributed by atoms with E-state index in [1.54, 1.807) is 6.92 Å². The van der Waals surface area contributed by atoms with Crippen LogP contribution in [0.2, 0.25) is 0 Å². The molecule has 28 heavy (non-hydrogen) atoms. The molecule has 3 aromatic carbocycles. The molecule has 2 N–H and O–H groups in total. The standard InChI is InChI=1S/C20H16F2N2O3S/c1-13-12-16(22)6-11-19(13)23-20(25)14-2-9-18(10-3-14)28(26,27)24-17-7-4-15(21)5-8-17/h2-12,24H,1H3,(H,23,25). The third kappa shape index (κ3) is 4.52. The summed E-state index contributed by atoms with van der Waals surface area (Å²) in [5.41, 5.74) is 1.48. The number of rotatable bonds is 5. The molecule has 0 saturated heterocycles. The number of halogens is 2. The first-order valence-corrected chi connectivity index (χ1v) is 9.69. The van der Waals surface area contributed by atoms with Gasteiger partial charge in [-0.3, -0.25) is 9.52 Å². The molecule has 0 aromatic heterocycles. The van der Waals surface area contributed by atoms with Gasteiger partial charge in [0, 0.05) is 16.9 Å². The number of carbonyl (C=O) groups is 1. The maximum Gasteiger partial charge on any atom is 0.261 e. The molecule has 0 saturated carbocycles. The topological polar surface area (TPSA) is 75.3 Å². The summed E-state index contributed by atoms with van der Waals surface area (Å²) in [5.74, 6) is -1.33. The molecule has 0 fully saturated rings. The number of carbonyl (C=O) groups excluding carboxylic acids is 1. The number of hydrogen-bond donors (Lipinski definition) is 2. The summed E-state index contributed by atoms with van der Waals surface area (Å²) >= 11 is 0. The van der Waals surface area contributed by atoms with Crippen LogP contribution in [-0.2, 0) is 10.0 Å². The number of benzene rings is 3. The Morgan fingerprint density at radius 3 is 2.07 bits per heavy atom. The van der Waals surface area contributed by atoms with Gasteiger partial charge in [-0.15, -0.1) is 0 Å². The smallest absolute Gasteiger partial charge is 0.261 e. The summed E-state index contributed by atoms with van der Waals surface area (Å²) in [6.45, 7) is 1.66. The minimum Gasteiger partial charge on any atom is -0.322 e. The van der Waals surface area contributed by atoms with E-state index in [9.17, 15) is 22.0 Å². The molecule has 0 atom stereocenters. The number of hydrogen-bond acceptors (Lipinski definition) is 3. The largest absolute Gasteiger partial charge is 0.322 e. The zero-order valence-electron chi connectivity index (χ0n) is 14.7. The van der Waals surface area contributed by atoms with Crippen molar-refractivity contribution in [1.29, 1.82) is 0 Å². The zero-order valence-corrected chi connectivity index (χ0v) is 15.6. The Kier molecular flexibility index (Phi) is 5.41. The van der Waals surface area contributed by atoms with Crippen LogP contribution in [0.25, 0.3) is 0 Å². The first-order chi connectivity index (χ1) is 13.2. The highest BCUT2D eigenvalue weighted by Crippen LogP contribution is 2.19. The van der Waals surface area contributed by atoms with Crippen LogP contribution in [0.15, 0.2) is 71.6 Å². The summed E-state index contributed by atoms with van der Waals surface area (Å²) in [5, 5.41) is 2.65. The zero-order chi connectivity index (χ0) is 20.3. The van der Waals surface area contributed by atoms with Crippen molar-refractivity contribution in [3.05, 3.63) is 89.5 Å². The molecule has 0 aliphatic rings. The van der Waals surface area contributed by atoms with Crippen LogP contribution in [0.4, 0.5) is 20.2 Å². The van der Waals surface area contributed by atoms with E-state index in [1.165, 1.54) is 54.6 Å². The third-order valence-electron chi connectivity index (χ3n) is 3.96. The van der Waals surface area contributed by atoms with Crippen LogP contribution in [0.1, 0.15) is 15.9 Å². The lowest BCUT2D eigenvalue weighted by molar-refractivity contribution is 0.102. The van der Waals surface area contributed by atoms with Crippen molar-refractivity contribution in [2.24, 2.45) is 0 Å². The van der Waals surface area contributed by atoms with Crippen molar-refractivity contribution in [2.45, 2.75) is 11.8 Å². The number of anilines is 2. The molecule has 0 radical (unpaired) electrons. The normalized spacial score (nSPS) is 11.1. The molecule has 0 heterocycles. The van der Waals surface area contributed by atoms with E-state index in [2.05, 4.69) is 10.0 Å². The van der Waals surface area contributed by atoms with Crippen molar-refractivity contribution in [3.63, 3.8) is 0 Å². The first kappa shape index (κ1) is 19.5. The van der Waals surface area contributed by atoms with E-state index in [0.717, 1.165) is 12.1 Å². The van der Waals surface area contributed by atoms with Crippen molar-refractivity contribution < 1.29 is 22.0 Å². The fourth-order valence-electron chi connectivity index (χ4n) is 2.48. The number of aryl methyl sites for hydroxylation is 1. The molecule has 3 aromatic rings. The Labute approximate surface area is 161 Å². The van der Waals surface area contributed by atoms with Crippen LogP contribution in [-0.4, -0.2) is 14.3 Å². The van der Waals surface area contributed by atoms with Gasteiger partial charge in [0.1, 0.15) is 11.6 Å². The van der Waals surface area contributed by atoms with Gasteiger partial charge in [0.2, 0.25) is 0 Å². The highest BCUT2D eigenvalue weighted by Gasteiger charge is 2.16. The van der Waals surface area contributed by atoms with E-state index < -0.39 is 27.6 Å². The predicted octanol–water partition coefficient (Wildman–Crippen LogP) is 4.33. The third-order valence-corrected chi connectivity index (χ3v) is 5.36. The molecule has 5 nitrogen and oxygen atoms in total. The summed E-state index contributed by atoms with van der Waals surface area (Å²) in [7, 11) is -3.88. The number of sulfonamides is 1. The van der Waals surface area contributed by atoms with Crippen LogP contribution < -0.4 is 10.0 Å². The van der Waals surface area contributed by atoms with Crippen molar-refractivity contribution in [1.82, 2.24) is 0 Å². The molecular formula is C20H16F2N2O3S. The van der Waals surface area contributed by atoms with Gasteiger partial charge in [0.15, 0.2) is 0 Å². The second kappa shape index (κ2) is 7.77. The van der Waals surface area contributed by atoms with Gasteiger partial charge >= 0.3 is 0 Å². The molecule has 144 valence electrons. The van der Waals surface area contributed by atoms with Gasteiger partial charge < -0.3 is 5.32 Å². The molecule has 0 bridgehead atoms. The lowest BCUT2D eigenvalue weighted by atomic mass is 10.1. The molecule has 0 aliphatic carbocycles. The number of amides is 1. The highest BCUT2D eigenvalue weighted by atomic mass is 32.2. The molecule has 8 heteroatoms. The lowest BCUT2D eigenvalue weighted by Crippen LogP contribution is -2.15. The highest BCUT2D eigenvalue weighted by molar-refractivity contribution is 7.92. The van der Waals surface area contributed by atoms with Crippen LogP contribution in [0.5, 0.6) is 0 Å². The van der Waals surface area contributed by atoms with Gasteiger partial charge in [0.05, 0.1) is 4.90 Å². The minimum atomic E-state index is -3.88. The van der Waals surface area contributed by atoms with E-state index in [-0.39, 0.29) is 16.1 Å². The average molecular weight is 402 g/mol. The fourth-order valence-corrected chi connectivity index (χ4v) is 3.54. The Morgan fingerprint density at radius 1 is 0.857 bits per heavy atom. The van der Waals surface area contributed by atoms with Crippen LogP contribution in [0.3, 0.4) is 0 Å². The molecule has 0 spiro atoms. The summed E-state index contributed by atoms with van der Waals surface area (Å²) in [6.07, 6.45) is 0. The second-order valence-electron chi connectivity index (χ2n) is 6.05. The number of nitrogens with one attached hydrogen (secondary N) is 2. The Morgan fingerprint density at radius 2 is 1.46 bits per heavy atom. The van der Waals surface area contributed by atoms with Gasteiger partial charge in [-0.05, 0) is 79.2 Å². The first-order valence-electron chi connectivity index (χ1n) is 8.20. The summed E-state index contributed by atoms with van der Waals surface area (Å²) < 4.78 is 53.2. The molecule has 3 rings (SSSR count). The average Bonchev–Trinajstić information content (AvgIpc) is 2.66. The van der Waals surface area contributed by atoms with E-state index in [4.69, 9.17) is 0 Å². The molecular weight excluding hydrogens is 386 g/mol. The summed E-state index contributed by atoms with van der Waals surface area (Å²) in [4.78, 5) is 12.3. The summed E-state index contributed by atoms with van der Waals surface area (Å²) in [6, 6.07) is 14.2. The van der Waals surface area contributed by atoms with Crippen molar-refractivity contribution in [3.8, 4) is 0 Å². The minimum absolute atomic E-state index is 0.0497. The van der Waals surface area contributed by atoms with E-state index in [1.807, 2.05) is 0 Å². The van der Waals surface area contributed by atoms with Gasteiger partial charge in [-0.1, -0.05) is 0 Å². The second-order valence-corrected chi connectivity index (χ2v) is 7.73. The SMILES string of the molecule is Cc1cc(F)ccc1NC(=O)c1ccc(S(=O)(=O)Nc2ccc(F)cc2)cc1. The lowest BCUT2D eigenvalue weighted by Gasteiger charge is -2.10. The predicted molar refractivity (Wildman–Crippen MR) is 103 cm³/mol. The monoisotopic (exact) mass is 402 g/mol. The molecule has 0 unspecified atom stereocenters. The molecule has 1 amide bonds. The van der Waals surface area contributed by atoms with E-state index >= 15 is 0 Å². The maximum absolute atomic E-state index is 13.1. The van der Waals surface area contributed by atoms with Crippen molar-refractivity contribution in [2.75, 3.05) is 10.0 Å². The van der Waals surface area contributed by atoms with Crippen LogP contribution in [0, 0.1) is 18.6 Å². The Bertz CT molecular complexity index is 1110. The maximum atomic E-state index is 13.1. The van der Waals surface area contributed by atoms with Gasteiger partial charge in [0.25, 0.3) is 15.9 Å². The fraction of sp³-hybridized carbons (Fsp3) is 0.0500. The Balaban J connectivity index is 1.74.